The Bertz CT molecular complexity index is 788. The first-order valence-corrected chi connectivity index (χ1v) is 10.5. The Labute approximate surface area is 166 Å². The SMILES string of the molecule is O=C(NCC1CC1)[C@H]1CCCN(c2nnc(-c3cc(Cl)cc(Cl)c3)s2)C1. The van der Waals surface area contributed by atoms with Gasteiger partial charge >= 0.3 is 0 Å². The first-order chi connectivity index (χ1) is 12.6. The summed E-state index contributed by atoms with van der Waals surface area (Å²) >= 11 is 13.7. The van der Waals surface area contributed by atoms with Crippen molar-refractivity contribution in [3.63, 3.8) is 0 Å². The number of carbonyl (C=O) groups is 1. The summed E-state index contributed by atoms with van der Waals surface area (Å²) < 4.78 is 0. The zero-order chi connectivity index (χ0) is 18.1. The number of carbonyl (C=O) groups excluding carboxylic acids is 1. The van der Waals surface area contributed by atoms with Crippen LogP contribution in [0, 0.1) is 11.8 Å². The monoisotopic (exact) mass is 410 g/mol. The Hall–Kier alpha value is -1.37. The van der Waals surface area contributed by atoms with Gasteiger partial charge in [-0.15, -0.1) is 10.2 Å². The van der Waals surface area contributed by atoms with Crippen LogP contribution in [-0.4, -0.2) is 35.7 Å². The van der Waals surface area contributed by atoms with Crippen molar-refractivity contribution in [2.45, 2.75) is 25.7 Å². The summed E-state index contributed by atoms with van der Waals surface area (Å²) in [6.07, 6.45) is 4.41. The zero-order valence-electron chi connectivity index (χ0n) is 14.3. The van der Waals surface area contributed by atoms with Gasteiger partial charge in [-0.25, -0.2) is 0 Å². The molecule has 1 aromatic heterocycles. The van der Waals surface area contributed by atoms with Crippen molar-refractivity contribution in [1.29, 1.82) is 0 Å². The normalized spacial score (nSPS) is 20.2. The van der Waals surface area contributed by atoms with Gasteiger partial charge in [0.05, 0.1) is 5.92 Å². The molecule has 0 unspecified atom stereocenters. The van der Waals surface area contributed by atoms with E-state index in [0.29, 0.717) is 22.5 Å². The number of nitrogens with zero attached hydrogens (tertiary/aromatic N) is 3. The van der Waals surface area contributed by atoms with E-state index in [0.717, 1.165) is 41.6 Å². The molecule has 1 atom stereocenters. The number of aromatic nitrogens is 2. The van der Waals surface area contributed by atoms with Crippen LogP contribution in [-0.2, 0) is 4.79 Å². The molecule has 1 amide bonds. The summed E-state index contributed by atoms with van der Waals surface area (Å²) in [6, 6.07) is 5.37. The third-order valence-electron chi connectivity index (χ3n) is 4.85. The van der Waals surface area contributed by atoms with Crippen molar-refractivity contribution in [2.75, 3.05) is 24.5 Å². The van der Waals surface area contributed by atoms with E-state index in [2.05, 4.69) is 20.4 Å². The molecule has 0 radical (unpaired) electrons. The molecular formula is C18H20Cl2N4OS. The van der Waals surface area contributed by atoms with Crippen LogP contribution >= 0.6 is 34.5 Å². The predicted octanol–water partition coefficient (Wildman–Crippen LogP) is 4.25. The lowest BCUT2D eigenvalue weighted by Crippen LogP contribution is -2.43. The largest absolute Gasteiger partial charge is 0.356 e. The fourth-order valence-corrected chi connectivity index (χ4v) is 4.61. The summed E-state index contributed by atoms with van der Waals surface area (Å²) in [5.74, 6) is 0.900. The Morgan fingerprint density at radius 3 is 2.69 bits per heavy atom. The van der Waals surface area contributed by atoms with Crippen molar-refractivity contribution in [3.05, 3.63) is 28.2 Å². The summed E-state index contributed by atoms with van der Waals surface area (Å²) in [6.45, 7) is 2.42. The fourth-order valence-electron chi connectivity index (χ4n) is 3.21. The molecule has 2 fully saturated rings. The number of piperidine rings is 1. The summed E-state index contributed by atoms with van der Waals surface area (Å²) in [4.78, 5) is 14.6. The highest BCUT2D eigenvalue weighted by Gasteiger charge is 2.29. The Balaban J connectivity index is 1.43. The molecule has 1 saturated heterocycles. The molecule has 5 nitrogen and oxygen atoms in total. The lowest BCUT2D eigenvalue weighted by molar-refractivity contribution is -0.125. The molecule has 4 rings (SSSR count). The van der Waals surface area contributed by atoms with E-state index in [-0.39, 0.29) is 11.8 Å². The lowest BCUT2D eigenvalue weighted by Gasteiger charge is -2.31. The molecule has 1 saturated carbocycles. The van der Waals surface area contributed by atoms with Crippen LogP contribution in [0.5, 0.6) is 0 Å². The van der Waals surface area contributed by atoms with Gasteiger partial charge in [0.15, 0.2) is 0 Å². The molecule has 0 spiro atoms. The first-order valence-electron chi connectivity index (χ1n) is 8.91. The highest BCUT2D eigenvalue weighted by atomic mass is 35.5. The van der Waals surface area contributed by atoms with E-state index in [9.17, 15) is 4.79 Å². The summed E-state index contributed by atoms with van der Waals surface area (Å²) in [5, 5.41) is 14.5. The first kappa shape index (κ1) is 18.0. The maximum atomic E-state index is 12.4. The zero-order valence-corrected chi connectivity index (χ0v) is 16.6. The second-order valence-corrected chi connectivity index (χ2v) is 8.85. The topological polar surface area (TPSA) is 58.1 Å². The third kappa shape index (κ3) is 4.30. The lowest BCUT2D eigenvalue weighted by atomic mass is 9.97. The number of halogens is 2. The van der Waals surface area contributed by atoms with Gasteiger partial charge in [0.2, 0.25) is 11.0 Å². The maximum Gasteiger partial charge on any atom is 0.224 e. The molecule has 1 N–H and O–H groups in total. The highest BCUT2D eigenvalue weighted by molar-refractivity contribution is 7.18. The van der Waals surface area contributed by atoms with Crippen LogP contribution < -0.4 is 10.2 Å². The van der Waals surface area contributed by atoms with Crippen LogP contribution in [0.3, 0.4) is 0 Å². The van der Waals surface area contributed by atoms with E-state index >= 15 is 0 Å². The van der Waals surface area contributed by atoms with Gasteiger partial charge in [0.25, 0.3) is 0 Å². The smallest absolute Gasteiger partial charge is 0.224 e. The second kappa shape index (κ2) is 7.71. The summed E-state index contributed by atoms with van der Waals surface area (Å²) in [5.41, 5.74) is 0.863. The molecule has 138 valence electrons. The Kier molecular flexibility index (Phi) is 5.34. The summed E-state index contributed by atoms with van der Waals surface area (Å²) in [7, 11) is 0. The van der Waals surface area contributed by atoms with Gasteiger partial charge in [-0.05, 0) is 49.8 Å². The standard InChI is InChI=1S/C18H20Cl2N4OS/c19-14-6-13(7-15(20)8-14)17-22-23-18(26-17)24-5-1-2-12(10-24)16(25)21-9-11-3-4-11/h6-8,11-12H,1-5,9-10H2,(H,21,25)/t12-/m0/s1. The van der Waals surface area contributed by atoms with Crippen LogP contribution in [0.2, 0.25) is 10.0 Å². The van der Waals surface area contributed by atoms with Crippen LogP contribution in [0.4, 0.5) is 5.13 Å². The van der Waals surface area contributed by atoms with Crippen molar-refractivity contribution in [2.24, 2.45) is 11.8 Å². The van der Waals surface area contributed by atoms with Crippen LogP contribution in [0.15, 0.2) is 18.2 Å². The maximum absolute atomic E-state index is 12.4. The van der Waals surface area contributed by atoms with Crippen molar-refractivity contribution < 1.29 is 4.79 Å². The quantitative estimate of drug-likeness (QED) is 0.799. The number of benzene rings is 1. The minimum Gasteiger partial charge on any atom is -0.356 e. The molecule has 1 aromatic carbocycles. The molecule has 2 aromatic rings. The number of nitrogens with one attached hydrogen (secondary N) is 1. The number of amides is 1. The molecular weight excluding hydrogens is 391 g/mol. The average molecular weight is 411 g/mol. The van der Waals surface area contributed by atoms with Gasteiger partial charge in [-0.3, -0.25) is 4.79 Å². The molecule has 1 aliphatic heterocycles. The van der Waals surface area contributed by atoms with Crippen LogP contribution in [0.1, 0.15) is 25.7 Å². The minimum absolute atomic E-state index is 0.0236. The van der Waals surface area contributed by atoms with E-state index in [1.54, 1.807) is 6.07 Å². The van der Waals surface area contributed by atoms with E-state index in [4.69, 9.17) is 23.2 Å². The minimum atomic E-state index is 0.0236. The van der Waals surface area contributed by atoms with E-state index in [1.165, 1.54) is 24.2 Å². The van der Waals surface area contributed by atoms with E-state index < -0.39 is 0 Å². The van der Waals surface area contributed by atoms with Gasteiger partial charge in [0.1, 0.15) is 5.01 Å². The average Bonchev–Trinajstić information content (AvgIpc) is 3.32. The molecule has 0 bridgehead atoms. The number of hydrogen-bond donors (Lipinski definition) is 1. The van der Waals surface area contributed by atoms with Crippen molar-refractivity contribution in [3.8, 4) is 10.6 Å². The molecule has 26 heavy (non-hydrogen) atoms. The molecule has 8 heteroatoms. The van der Waals surface area contributed by atoms with Crippen molar-refractivity contribution >= 4 is 45.6 Å². The van der Waals surface area contributed by atoms with Gasteiger partial charge in [-0.1, -0.05) is 34.5 Å². The number of rotatable bonds is 5. The Morgan fingerprint density at radius 2 is 1.96 bits per heavy atom. The highest BCUT2D eigenvalue weighted by Crippen LogP contribution is 2.34. The molecule has 2 aliphatic rings. The molecule has 1 aliphatic carbocycles. The number of anilines is 1. The van der Waals surface area contributed by atoms with Crippen molar-refractivity contribution in [1.82, 2.24) is 15.5 Å². The van der Waals surface area contributed by atoms with Crippen LogP contribution in [0.25, 0.3) is 10.6 Å². The fraction of sp³-hybridized carbons (Fsp3) is 0.500. The number of hydrogen-bond acceptors (Lipinski definition) is 5. The predicted molar refractivity (Wildman–Crippen MR) is 106 cm³/mol. The van der Waals surface area contributed by atoms with Gasteiger partial charge in [0, 0.05) is 35.2 Å². The third-order valence-corrected chi connectivity index (χ3v) is 6.32. The van der Waals surface area contributed by atoms with E-state index in [1.807, 2.05) is 12.1 Å². The van der Waals surface area contributed by atoms with Gasteiger partial charge < -0.3 is 10.2 Å². The second-order valence-electron chi connectivity index (χ2n) is 7.02. The van der Waals surface area contributed by atoms with Gasteiger partial charge in [-0.2, -0.15) is 0 Å². The Morgan fingerprint density at radius 1 is 1.19 bits per heavy atom. The molecule has 2 heterocycles.